The first-order valence-electron chi connectivity index (χ1n) is 9.77. The van der Waals surface area contributed by atoms with E-state index in [1.54, 1.807) is 0 Å². The minimum atomic E-state index is -7.43. The highest BCUT2D eigenvalue weighted by molar-refractivity contribution is 14.1. The van der Waals surface area contributed by atoms with Crippen LogP contribution in [0.2, 0.25) is 0 Å². The maximum absolute atomic E-state index is 14.7. The molecule has 15 heteroatoms. The SMILES string of the molecule is O=S(=O)(OS(c1ccccc1)(c1ccccc1)c1ccc(I)cc1)C(F)(F)C(F)(F)C(F)(F)C(F)(F)F. The van der Waals surface area contributed by atoms with Crippen molar-refractivity contribution in [1.29, 1.82) is 0 Å². The van der Waals surface area contributed by atoms with E-state index in [0.717, 1.165) is 0 Å². The van der Waals surface area contributed by atoms with Crippen molar-refractivity contribution in [2.45, 2.75) is 38.0 Å². The average Bonchev–Trinajstić information content (AvgIpc) is 2.83. The van der Waals surface area contributed by atoms with E-state index in [2.05, 4.69) is 0 Å². The molecule has 0 N–H and O–H groups in total. The number of rotatable bonds is 8. The molecular weight excluding hydrogens is 674 g/mol. The fourth-order valence-electron chi connectivity index (χ4n) is 3.07. The van der Waals surface area contributed by atoms with E-state index in [1.165, 1.54) is 84.9 Å². The van der Waals surface area contributed by atoms with E-state index in [-0.39, 0.29) is 14.7 Å². The van der Waals surface area contributed by atoms with Crippen LogP contribution in [0, 0.1) is 3.57 Å². The highest BCUT2D eigenvalue weighted by Crippen LogP contribution is 2.71. The van der Waals surface area contributed by atoms with E-state index >= 15 is 0 Å². The van der Waals surface area contributed by atoms with Crippen LogP contribution in [0.25, 0.3) is 0 Å². The zero-order valence-corrected chi connectivity index (χ0v) is 21.7. The standard InChI is InChI=1S/C22H14F9IO3S2/c23-19(24,21(27,28)29)20(25,26)22(30,31)37(33,34)35-36(16-7-3-1-4-8-16,17-9-5-2-6-10-17)18-13-11-15(32)12-14-18/h1-14H. The molecular formula is C22H14F9IO3S2. The topological polar surface area (TPSA) is 43.4 Å². The first-order chi connectivity index (χ1) is 16.9. The Morgan fingerprint density at radius 3 is 1.32 bits per heavy atom. The summed E-state index contributed by atoms with van der Waals surface area (Å²) in [6, 6.07) is 18.4. The number of halogens is 10. The molecule has 0 aliphatic carbocycles. The number of alkyl halides is 9. The summed E-state index contributed by atoms with van der Waals surface area (Å²) in [5.41, 5.74) is 0. The van der Waals surface area contributed by atoms with Gasteiger partial charge in [-0.3, -0.25) is 0 Å². The Morgan fingerprint density at radius 2 is 0.946 bits per heavy atom. The van der Waals surface area contributed by atoms with Crippen LogP contribution in [0.4, 0.5) is 39.5 Å². The molecule has 202 valence electrons. The Bertz CT molecular complexity index is 1290. The van der Waals surface area contributed by atoms with Crippen molar-refractivity contribution < 1.29 is 51.6 Å². The second kappa shape index (κ2) is 9.96. The van der Waals surface area contributed by atoms with Gasteiger partial charge in [0.1, 0.15) is 0 Å². The smallest absolute Gasteiger partial charge is 0.202 e. The van der Waals surface area contributed by atoms with Crippen LogP contribution >= 0.6 is 32.9 Å². The molecule has 0 unspecified atom stereocenters. The first-order valence-corrected chi connectivity index (χ1v) is 13.8. The van der Waals surface area contributed by atoms with E-state index < -0.39 is 43.7 Å². The second-order valence-electron chi connectivity index (χ2n) is 7.32. The molecule has 0 atom stereocenters. The van der Waals surface area contributed by atoms with Crippen LogP contribution in [0.1, 0.15) is 0 Å². The largest absolute Gasteiger partial charge is 0.460 e. The lowest BCUT2D eigenvalue weighted by Crippen LogP contribution is -2.63. The van der Waals surface area contributed by atoms with Gasteiger partial charge in [0.2, 0.25) is 0 Å². The molecule has 37 heavy (non-hydrogen) atoms. The molecule has 0 heterocycles. The molecule has 0 aliphatic rings. The van der Waals surface area contributed by atoms with Crippen LogP contribution in [0.5, 0.6) is 0 Å². The van der Waals surface area contributed by atoms with Gasteiger partial charge < -0.3 is 0 Å². The van der Waals surface area contributed by atoms with Gasteiger partial charge >= 0.3 is 33.4 Å². The number of hydrogen-bond donors (Lipinski definition) is 0. The van der Waals surface area contributed by atoms with Gasteiger partial charge in [-0.25, -0.2) is 3.63 Å². The average molecular weight is 688 g/mol. The number of benzene rings is 3. The van der Waals surface area contributed by atoms with Gasteiger partial charge in [0.05, 0.1) is 0 Å². The molecule has 0 fully saturated rings. The lowest BCUT2D eigenvalue weighted by Gasteiger charge is -2.41. The summed E-state index contributed by atoms with van der Waals surface area (Å²) in [6.07, 6.45) is -7.20. The molecule has 0 aromatic heterocycles. The summed E-state index contributed by atoms with van der Waals surface area (Å²) in [5.74, 6) is -14.8. The van der Waals surface area contributed by atoms with Crippen molar-refractivity contribution in [1.82, 2.24) is 0 Å². The summed E-state index contributed by atoms with van der Waals surface area (Å²) in [4.78, 5) is -0.434. The molecule has 0 saturated heterocycles. The van der Waals surface area contributed by atoms with E-state index in [1.807, 2.05) is 22.6 Å². The second-order valence-corrected chi connectivity index (χ2v) is 13.1. The van der Waals surface area contributed by atoms with Crippen LogP contribution < -0.4 is 0 Å². The van der Waals surface area contributed by atoms with Crippen molar-refractivity contribution in [2.75, 3.05) is 0 Å². The van der Waals surface area contributed by atoms with Gasteiger partial charge in [0, 0.05) is 18.3 Å². The van der Waals surface area contributed by atoms with Crippen molar-refractivity contribution in [3.8, 4) is 0 Å². The predicted molar refractivity (Wildman–Crippen MR) is 125 cm³/mol. The highest BCUT2D eigenvalue weighted by Gasteiger charge is 2.86. The summed E-state index contributed by atoms with van der Waals surface area (Å²) in [5, 5.41) is -7.01. The van der Waals surface area contributed by atoms with Crippen LogP contribution in [0.3, 0.4) is 0 Å². The Hall–Kier alpha value is -1.98. The lowest BCUT2D eigenvalue weighted by molar-refractivity contribution is -0.382. The fourth-order valence-corrected chi connectivity index (χ4v) is 8.65. The van der Waals surface area contributed by atoms with Crippen molar-refractivity contribution in [3.63, 3.8) is 0 Å². The van der Waals surface area contributed by atoms with Gasteiger partial charge in [-0.15, -0.1) is 0 Å². The number of hydrogen-bond acceptors (Lipinski definition) is 3. The van der Waals surface area contributed by atoms with Gasteiger partial charge in [-0.2, -0.15) is 47.9 Å². The van der Waals surface area contributed by atoms with E-state index in [4.69, 9.17) is 3.63 Å². The van der Waals surface area contributed by atoms with E-state index in [9.17, 15) is 47.9 Å². The molecule has 0 amide bonds. The Kier molecular flexibility index (Phi) is 7.96. The molecule has 0 spiro atoms. The van der Waals surface area contributed by atoms with Crippen LogP contribution in [0.15, 0.2) is 99.6 Å². The zero-order chi connectivity index (χ0) is 27.9. The molecule has 0 saturated carbocycles. The van der Waals surface area contributed by atoms with Crippen molar-refractivity contribution in [3.05, 3.63) is 88.5 Å². The first kappa shape index (κ1) is 29.6. The minimum Gasteiger partial charge on any atom is -0.202 e. The summed E-state index contributed by atoms with van der Waals surface area (Å²) >= 11 is 1.86. The maximum Gasteiger partial charge on any atom is 0.460 e. The van der Waals surface area contributed by atoms with Gasteiger partial charge in [0.15, 0.2) is 0 Å². The highest BCUT2D eigenvalue weighted by atomic mass is 127. The van der Waals surface area contributed by atoms with Gasteiger partial charge in [0.25, 0.3) is 0 Å². The van der Waals surface area contributed by atoms with Crippen LogP contribution in [-0.2, 0) is 13.7 Å². The lowest BCUT2D eigenvalue weighted by atomic mass is 10.1. The summed E-state index contributed by atoms with van der Waals surface area (Å²) in [7, 11) is -11.2. The summed E-state index contributed by atoms with van der Waals surface area (Å²) < 4.78 is 153. The molecule has 3 aromatic rings. The maximum atomic E-state index is 14.7. The fraction of sp³-hybridized carbons (Fsp3) is 0.182. The van der Waals surface area contributed by atoms with Crippen LogP contribution in [-0.4, -0.2) is 31.7 Å². The van der Waals surface area contributed by atoms with Gasteiger partial charge in [-0.1, -0.05) is 36.4 Å². The van der Waals surface area contributed by atoms with Crippen molar-refractivity contribution >= 4 is 43.0 Å². The van der Waals surface area contributed by atoms with Gasteiger partial charge in [-0.05, 0) is 81.4 Å². The minimum absolute atomic E-state index is 0.143. The Balaban J connectivity index is 2.34. The Labute approximate surface area is 220 Å². The monoisotopic (exact) mass is 688 g/mol. The van der Waals surface area contributed by atoms with Crippen molar-refractivity contribution in [2.24, 2.45) is 0 Å². The molecule has 3 nitrogen and oxygen atoms in total. The molecule has 0 radical (unpaired) electrons. The molecule has 0 aliphatic heterocycles. The zero-order valence-electron chi connectivity index (χ0n) is 17.9. The van der Waals surface area contributed by atoms with E-state index in [0.29, 0.717) is 3.57 Å². The predicted octanol–water partition coefficient (Wildman–Crippen LogP) is 8.26. The molecule has 3 aromatic carbocycles. The Morgan fingerprint density at radius 1 is 0.568 bits per heavy atom. The molecule has 0 bridgehead atoms. The third kappa shape index (κ3) is 4.94. The summed E-state index contributed by atoms with van der Waals surface area (Å²) in [6.45, 7) is 0. The third-order valence-corrected chi connectivity index (χ3v) is 10.9. The quantitative estimate of drug-likeness (QED) is 0.177. The third-order valence-electron chi connectivity index (χ3n) is 4.92. The normalized spacial score (nSPS) is 14.4. The molecule has 3 rings (SSSR count).